The highest BCUT2D eigenvalue weighted by Gasteiger charge is 2.43. The van der Waals surface area contributed by atoms with Crippen LogP contribution in [0.2, 0.25) is 0 Å². The first-order chi connectivity index (χ1) is 13.5. The van der Waals surface area contributed by atoms with Gasteiger partial charge in [-0.25, -0.2) is 4.98 Å². The van der Waals surface area contributed by atoms with Gasteiger partial charge < -0.3 is 11.1 Å². The number of aryl methyl sites for hydroxylation is 1. The molecule has 1 aliphatic carbocycles. The van der Waals surface area contributed by atoms with E-state index in [1.54, 1.807) is 18.3 Å². The SMILES string of the molecule is Cc1cccc(C#N)c1-c1cc(N)c2cnc(NC(=O)[C@@H]3C[C@H]3C#N)cc2c1. The largest absolute Gasteiger partial charge is 0.398 e. The second-order valence-corrected chi connectivity index (χ2v) is 7.03. The van der Waals surface area contributed by atoms with Crippen LogP contribution >= 0.6 is 0 Å². The Kier molecular flexibility index (Phi) is 4.18. The van der Waals surface area contributed by atoms with Crippen molar-refractivity contribution in [2.45, 2.75) is 13.3 Å². The highest BCUT2D eigenvalue weighted by atomic mass is 16.2. The van der Waals surface area contributed by atoms with E-state index in [0.717, 1.165) is 27.5 Å². The maximum atomic E-state index is 12.2. The molecule has 2 atom stereocenters. The van der Waals surface area contributed by atoms with Crippen LogP contribution in [0.1, 0.15) is 17.5 Å². The Morgan fingerprint density at radius 2 is 2.11 bits per heavy atom. The van der Waals surface area contributed by atoms with Gasteiger partial charge in [-0.1, -0.05) is 12.1 Å². The maximum Gasteiger partial charge on any atom is 0.230 e. The number of amides is 1. The van der Waals surface area contributed by atoms with Gasteiger partial charge >= 0.3 is 0 Å². The van der Waals surface area contributed by atoms with E-state index in [9.17, 15) is 10.1 Å². The number of fused-ring (bicyclic) bond motifs is 1. The van der Waals surface area contributed by atoms with Gasteiger partial charge in [-0.2, -0.15) is 10.5 Å². The number of nitriles is 2. The average Bonchev–Trinajstić information content (AvgIpc) is 3.47. The van der Waals surface area contributed by atoms with E-state index >= 15 is 0 Å². The van der Waals surface area contributed by atoms with E-state index in [0.29, 0.717) is 23.5 Å². The fraction of sp³-hybridized carbons (Fsp3) is 0.182. The van der Waals surface area contributed by atoms with E-state index < -0.39 is 0 Å². The summed E-state index contributed by atoms with van der Waals surface area (Å²) in [4.78, 5) is 16.5. The first-order valence-electron chi connectivity index (χ1n) is 8.91. The van der Waals surface area contributed by atoms with Crippen molar-refractivity contribution in [2.75, 3.05) is 11.1 Å². The molecule has 0 spiro atoms. The molecule has 1 fully saturated rings. The van der Waals surface area contributed by atoms with Crippen molar-refractivity contribution in [3.63, 3.8) is 0 Å². The van der Waals surface area contributed by atoms with E-state index in [1.165, 1.54) is 0 Å². The minimum absolute atomic E-state index is 0.187. The van der Waals surface area contributed by atoms with Gasteiger partial charge in [0.05, 0.1) is 29.5 Å². The van der Waals surface area contributed by atoms with Crippen molar-refractivity contribution in [3.8, 4) is 23.3 Å². The van der Waals surface area contributed by atoms with Crippen molar-refractivity contribution in [1.82, 2.24) is 4.98 Å². The molecule has 0 saturated heterocycles. The van der Waals surface area contributed by atoms with Crippen LogP contribution in [0, 0.1) is 41.4 Å². The van der Waals surface area contributed by atoms with Crippen LogP contribution in [0.15, 0.2) is 42.6 Å². The molecule has 0 unspecified atom stereocenters. The average molecular weight is 367 g/mol. The number of hydrogen-bond donors (Lipinski definition) is 2. The summed E-state index contributed by atoms with van der Waals surface area (Å²) in [5.74, 6) is -0.228. The summed E-state index contributed by atoms with van der Waals surface area (Å²) in [5.41, 5.74) is 10.0. The van der Waals surface area contributed by atoms with E-state index in [1.807, 2.05) is 31.2 Å². The topological polar surface area (TPSA) is 116 Å². The fourth-order valence-electron chi connectivity index (χ4n) is 3.49. The Hall–Kier alpha value is -3.90. The molecule has 136 valence electrons. The number of anilines is 2. The summed E-state index contributed by atoms with van der Waals surface area (Å²) >= 11 is 0. The first-order valence-corrected chi connectivity index (χ1v) is 8.91. The normalized spacial score (nSPS) is 17.5. The number of carbonyl (C=O) groups is 1. The molecule has 1 aliphatic rings. The summed E-state index contributed by atoms with van der Waals surface area (Å²) in [6.07, 6.45) is 2.22. The Labute approximate surface area is 162 Å². The van der Waals surface area contributed by atoms with Crippen LogP contribution in [-0.4, -0.2) is 10.9 Å². The Morgan fingerprint density at radius 3 is 2.82 bits per heavy atom. The minimum Gasteiger partial charge on any atom is -0.398 e. The molecule has 4 rings (SSSR count). The Bertz CT molecular complexity index is 1200. The monoisotopic (exact) mass is 367 g/mol. The zero-order chi connectivity index (χ0) is 19.8. The molecular weight excluding hydrogens is 350 g/mol. The molecule has 28 heavy (non-hydrogen) atoms. The maximum absolute atomic E-state index is 12.2. The number of carbonyl (C=O) groups excluding carboxylic acids is 1. The standard InChI is InChI=1S/C22H17N5O/c1-12-3-2-4-13(9-23)21(12)15-5-14-8-20(26-11-18(14)19(25)7-15)27-22(28)17-6-16(17)10-24/h2-5,7-8,11,16-17H,6,25H2,1H3,(H,26,27,28)/t16-,17+/m0/s1. The Morgan fingerprint density at radius 1 is 1.29 bits per heavy atom. The number of pyridine rings is 1. The van der Waals surface area contributed by atoms with Crippen LogP contribution in [0.4, 0.5) is 11.5 Å². The summed E-state index contributed by atoms with van der Waals surface area (Å²) in [7, 11) is 0. The number of benzene rings is 2. The van der Waals surface area contributed by atoms with E-state index in [-0.39, 0.29) is 17.7 Å². The highest BCUT2D eigenvalue weighted by Crippen LogP contribution is 2.39. The molecule has 0 bridgehead atoms. The van der Waals surface area contributed by atoms with Crippen LogP contribution in [0.5, 0.6) is 0 Å². The Balaban J connectivity index is 1.75. The van der Waals surface area contributed by atoms with Crippen molar-refractivity contribution in [1.29, 1.82) is 10.5 Å². The number of aromatic nitrogens is 1. The number of rotatable bonds is 3. The van der Waals surface area contributed by atoms with Crippen LogP contribution in [-0.2, 0) is 4.79 Å². The van der Waals surface area contributed by atoms with Gasteiger partial charge in [0.2, 0.25) is 5.91 Å². The van der Waals surface area contributed by atoms with E-state index in [2.05, 4.69) is 22.4 Å². The van der Waals surface area contributed by atoms with Gasteiger partial charge in [0.15, 0.2) is 0 Å². The molecule has 3 aromatic rings. The molecule has 1 amide bonds. The van der Waals surface area contributed by atoms with Crippen LogP contribution < -0.4 is 11.1 Å². The van der Waals surface area contributed by atoms with Crippen molar-refractivity contribution >= 4 is 28.2 Å². The predicted molar refractivity (Wildman–Crippen MR) is 107 cm³/mol. The van der Waals surface area contributed by atoms with Gasteiger partial charge in [0.25, 0.3) is 0 Å². The minimum atomic E-state index is -0.260. The lowest BCUT2D eigenvalue weighted by Crippen LogP contribution is -2.15. The third-order valence-corrected chi connectivity index (χ3v) is 5.10. The van der Waals surface area contributed by atoms with Crippen molar-refractivity contribution < 1.29 is 4.79 Å². The summed E-state index contributed by atoms with van der Waals surface area (Å²) in [6.45, 7) is 1.95. The highest BCUT2D eigenvalue weighted by molar-refractivity contribution is 6.00. The second kappa shape index (κ2) is 6.68. The predicted octanol–water partition coefficient (Wildman–Crippen LogP) is 3.76. The van der Waals surface area contributed by atoms with E-state index in [4.69, 9.17) is 11.0 Å². The number of nitrogens with zero attached hydrogens (tertiary/aromatic N) is 3. The molecule has 6 nitrogen and oxygen atoms in total. The number of nitrogens with one attached hydrogen (secondary N) is 1. The third-order valence-electron chi connectivity index (χ3n) is 5.10. The van der Waals surface area contributed by atoms with Crippen LogP contribution in [0.3, 0.4) is 0 Å². The molecule has 1 heterocycles. The molecule has 1 saturated carbocycles. The van der Waals surface area contributed by atoms with Crippen molar-refractivity contribution in [3.05, 3.63) is 53.7 Å². The number of nitrogen functional groups attached to an aromatic ring is 1. The van der Waals surface area contributed by atoms with Gasteiger partial charge in [0, 0.05) is 22.8 Å². The summed E-state index contributed by atoms with van der Waals surface area (Å²) in [5, 5.41) is 22.7. The van der Waals surface area contributed by atoms with Gasteiger partial charge in [-0.3, -0.25) is 4.79 Å². The molecule has 2 aromatic carbocycles. The van der Waals surface area contributed by atoms with Gasteiger partial charge in [-0.05, 0) is 54.1 Å². The zero-order valence-electron chi connectivity index (χ0n) is 15.2. The first kappa shape index (κ1) is 17.5. The summed E-state index contributed by atoms with van der Waals surface area (Å²) < 4.78 is 0. The van der Waals surface area contributed by atoms with Crippen LogP contribution in [0.25, 0.3) is 21.9 Å². The van der Waals surface area contributed by atoms with Crippen molar-refractivity contribution in [2.24, 2.45) is 11.8 Å². The summed E-state index contributed by atoms with van der Waals surface area (Å²) in [6, 6.07) is 15.5. The lowest BCUT2D eigenvalue weighted by Gasteiger charge is -2.12. The quantitative estimate of drug-likeness (QED) is 0.684. The third kappa shape index (κ3) is 3.02. The zero-order valence-corrected chi connectivity index (χ0v) is 15.2. The second-order valence-electron chi connectivity index (χ2n) is 7.03. The number of nitrogens with two attached hydrogens (primary N) is 1. The lowest BCUT2D eigenvalue weighted by atomic mass is 9.93. The van der Waals surface area contributed by atoms with Gasteiger partial charge in [0.1, 0.15) is 5.82 Å². The molecule has 0 aliphatic heterocycles. The molecular formula is C22H17N5O. The molecule has 6 heteroatoms. The molecule has 1 aromatic heterocycles. The smallest absolute Gasteiger partial charge is 0.230 e. The fourth-order valence-corrected chi connectivity index (χ4v) is 3.49. The number of hydrogen-bond acceptors (Lipinski definition) is 5. The van der Waals surface area contributed by atoms with Gasteiger partial charge in [-0.15, -0.1) is 0 Å². The molecule has 0 radical (unpaired) electrons. The molecule has 3 N–H and O–H groups in total. The lowest BCUT2D eigenvalue weighted by molar-refractivity contribution is -0.117.